The van der Waals surface area contributed by atoms with Crippen molar-refractivity contribution < 1.29 is 13.6 Å². The van der Waals surface area contributed by atoms with Crippen molar-refractivity contribution in [3.05, 3.63) is 83.4 Å². The van der Waals surface area contributed by atoms with Gasteiger partial charge in [-0.2, -0.15) is 0 Å². The van der Waals surface area contributed by atoms with Gasteiger partial charge in [-0.3, -0.25) is 10.1 Å². The molecule has 1 amide bonds. The van der Waals surface area contributed by atoms with Gasteiger partial charge in [0, 0.05) is 5.56 Å². The fourth-order valence-corrected chi connectivity index (χ4v) is 3.49. The fraction of sp³-hybridized carbons (Fsp3) is 0.273. The lowest BCUT2D eigenvalue weighted by atomic mass is 9.84. The molecule has 1 radical (unpaired) electrons. The van der Waals surface area contributed by atoms with Crippen LogP contribution in [0.15, 0.2) is 52.9 Å². The van der Waals surface area contributed by atoms with Crippen LogP contribution in [0.2, 0.25) is 0 Å². The predicted octanol–water partition coefficient (Wildman–Crippen LogP) is 4.91. The number of carbonyl (C=O) groups excluding carboxylic acids is 1. The van der Waals surface area contributed by atoms with Crippen LogP contribution in [-0.4, -0.2) is 16.1 Å². The van der Waals surface area contributed by atoms with Crippen LogP contribution in [0.3, 0.4) is 0 Å². The lowest BCUT2D eigenvalue weighted by Gasteiger charge is -2.21. The van der Waals surface area contributed by atoms with Crippen molar-refractivity contribution in [2.75, 3.05) is 5.32 Å². The van der Waals surface area contributed by atoms with E-state index in [0.717, 1.165) is 18.4 Å². The van der Waals surface area contributed by atoms with E-state index < -0.39 is 0 Å². The first-order chi connectivity index (χ1) is 13.7. The standard InChI is InChI=1S/C22H21FN3O2/c23-19-12-6-15(7-13-19)14-20-25-26-22(28-20)24-21(27)18-10-8-17(9-11-18)16-4-2-1-3-5-16/h1,6-13,16H,2-5,14H2,(H,24,26,27). The first-order valence-corrected chi connectivity index (χ1v) is 9.47. The number of amides is 1. The Kier molecular flexibility index (Phi) is 5.46. The van der Waals surface area contributed by atoms with E-state index in [1.807, 2.05) is 24.3 Å². The first-order valence-electron chi connectivity index (χ1n) is 9.47. The smallest absolute Gasteiger partial charge is 0.322 e. The number of aromatic nitrogens is 2. The molecule has 2 aromatic carbocycles. The molecule has 1 fully saturated rings. The molecule has 0 saturated heterocycles. The molecule has 4 rings (SSSR count). The SMILES string of the molecule is O=C(Nc1nnc(Cc2ccc(F)cc2)o1)c1ccc(C2CC[CH]CC2)cc1. The van der Waals surface area contributed by atoms with Gasteiger partial charge in [0.05, 0.1) is 6.42 Å². The quantitative estimate of drug-likeness (QED) is 0.685. The monoisotopic (exact) mass is 378 g/mol. The summed E-state index contributed by atoms with van der Waals surface area (Å²) in [6.45, 7) is 0. The van der Waals surface area contributed by atoms with Gasteiger partial charge in [0.15, 0.2) is 0 Å². The molecule has 0 aliphatic heterocycles. The van der Waals surface area contributed by atoms with Gasteiger partial charge in [-0.15, -0.1) is 5.10 Å². The Hall–Kier alpha value is -3.02. The maximum atomic E-state index is 13.0. The number of anilines is 1. The van der Waals surface area contributed by atoms with Crippen molar-refractivity contribution in [3.63, 3.8) is 0 Å². The predicted molar refractivity (Wildman–Crippen MR) is 103 cm³/mol. The Morgan fingerprint density at radius 2 is 1.75 bits per heavy atom. The molecule has 1 aliphatic carbocycles. The molecule has 1 heterocycles. The van der Waals surface area contributed by atoms with Gasteiger partial charge in [0.1, 0.15) is 5.82 Å². The number of nitrogens with one attached hydrogen (secondary N) is 1. The van der Waals surface area contributed by atoms with Crippen molar-refractivity contribution >= 4 is 11.9 Å². The number of rotatable bonds is 5. The van der Waals surface area contributed by atoms with Gasteiger partial charge in [0.2, 0.25) is 5.89 Å². The summed E-state index contributed by atoms with van der Waals surface area (Å²) in [5.41, 5.74) is 2.67. The van der Waals surface area contributed by atoms with Gasteiger partial charge in [0.25, 0.3) is 5.91 Å². The molecule has 28 heavy (non-hydrogen) atoms. The number of carbonyl (C=O) groups is 1. The van der Waals surface area contributed by atoms with E-state index in [4.69, 9.17) is 4.42 Å². The van der Waals surface area contributed by atoms with E-state index in [1.165, 1.54) is 30.5 Å². The minimum Gasteiger partial charge on any atom is -0.407 e. The van der Waals surface area contributed by atoms with Crippen LogP contribution in [0, 0.1) is 12.2 Å². The fourth-order valence-electron chi connectivity index (χ4n) is 3.49. The lowest BCUT2D eigenvalue weighted by molar-refractivity contribution is 0.102. The van der Waals surface area contributed by atoms with Gasteiger partial charge in [-0.05, 0) is 73.4 Å². The molecule has 0 spiro atoms. The third-order valence-corrected chi connectivity index (χ3v) is 5.04. The second-order valence-electron chi connectivity index (χ2n) is 7.02. The Balaban J connectivity index is 1.37. The summed E-state index contributed by atoms with van der Waals surface area (Å²) in [5.74, 6) is 0.342. The Morgan fingerprint density at radius 1 is 1.04 bits per heavy atom. The highest BCUT2D eigenvalue weighted by Crippen LogP contribution is 2.32. The second-order valence-corrected chi connectivity index (χ2v) is 7.02. The number of hydrogen-bond donors (Lipinski definition) is 1. The van der Waals surface area contributed by atoms with Crippen LogP contribution in [0.1, 0.15) is 59.0 Å². The highest BCUT2D eigenvalue weighted by Gasteiger charge is 2.17. The average molecular weight is 378 g/mol. The molecule has 5 nitrogen and oxygen atoms in total. The summed E-state index contributed by atoms with van der Waals surface area (Å²) >= 11 is 0. The van der Waals surface area contributed by atoms with Crippen LogP contribution >= 0.6 is 0 Å². The van der Waals surface area contributed by atoms with Crippen molar-refractivity contribution in [2.24, 2.45) is 0 Å². The van der Waals surface area contributed by atoms with E-state index in [9.17, 15) is 9.18 Å². The van der Waals surface area contributed by atoms with Gasteiger partial charge in [-0.1, -0.05) is 29.4 Å². The maximum absolute atomic E-state index is 13.0. The van der Waals surface area contributed by atoms with Gasteiger partial charge < -0.3 is 4.42 Å². The highest BCUT2D eigenvalue weighted by atomic mass is 19.1. The molecule has 1 aliphatic rings. The van der Waals surface area contributed by atoms with E-state index >= 15 is 0 Å². The third kappa shape index (κ3) is 4.44. The van der Waals surface area contributed by atoms with Crippen LogP contribution in [-0.2, 0) is 6.42 Å². The molecule has 1 aromatic heterocycles. The number of halogens is 1. The lowest BCUT2D eigenvalue weighted by Crippen LogP contribution is -2.12. The Morgan fingerprint density at radius 3 is 2.46 bits per heavy atom. The first kappa shape index (κ1) is 18.3. The van der Waals surface area contributed by atoms with Crippen LogP contribution in [0.25, 0.3) is 0 Å². The Bertz CT molecular complexity index is 929. The minimum atomic E-state index is -0.296. The topological polar surface area (TPSA) is 68.0 Å². The summed E-state index contributed by atoms with van der Waals surface area (Å²) in [6, 6.07) is 13.8. The third-order valence-electron chi connectivity index (χ3n) is 5.04. The summed E-state index contributed by atoms with van der Waals surface area (Å²) in [6.07, 6.45) is 7.37. The van der Waals surface area contributed by atoms with Crippen molar-refractivity contribution in [1.82, 2.24) is 10.2 Å². The van der Waals surface area contributed by atoms with Gasteiger partial charge >= 0.3 is 6.01 Å². The molecular weight excluding hydrogens is 357 g/mol. The number of benzene rings is 2. The zero-order valence-corrected chi connectivity index (χ0v) is 15.4. The molecular formula is C22H21FN3O2. The second kappa shape index (κ2) is 8.33. The van der Waals surface area contributed by atoms with Crippen LogP contribution < -0.4 is 5.32 Å². The summed E-state index contributed by atoms with van der Waals surface area (Å²) in [4.78, 5) is 12.4. The Labute approximate surface area is 163 Å². The molecule has 1 saturated carbocycles. The molecule has 3 aromatic rings. The number of nitrogens with zero attached hydrogens (tertiary/aromatic N) is 2. The van der Waals surface area contributed by atoms with Gasteiger partial charge in [-0.25, -0.2) is 4.39 Å². The van der Waals surface area contributed by atoms with Crippen LogP contribution in [0.5, 0.6) is 0 Å². The van der Waals surface area contributed by atoms with E-state index in [1.54, 1.807) is 12.1 Å². The maximum Gasteiger partial charge on any atom is 0.322 e. The largest absolute Gasteiger partial charge is 0.407 e. The average Bonchev–Trinajstić information content (AvgIpc) is 3.17. The molecule has 6 heteroatoms. The van der Waals surface area contributed by atoms with Crippen molar-refractivity contribution in [2.45, 2.75) is 38.0 Å². The highest BCUT2D eigenvalue weighted by molar-refractivity contribution is 6.03. The molecule has 1 N–H and O–H groups in total. The number of hydrogen-bond acceptors (Lipinski definition) is 4. The van der Waals surface area contributed by atoms with E-state index in [-0.39, 0.29) is 17.7 Å². The molecule has 0 bridgehead atoms. The zero-order chi connectivity index (χ0) is 19.3. The molecule has 0 atom stereocenters. The van der Waals surface area contributed by atoms with Crippen molar-refractivity contribution in [3.8, 4) is 0 Å². The normalized spacial score (nSPS) is 14.8. The summed E-state index contributed by atoms with van der Waals surface area (Å²) in [7, 11) is 0. The van der Waals surface area contributed by atoms with E-state index in [0.29, 0.717) is 23.8 Å². The summed E-state index contributed by atoms with van der Waals surface area (Å²) < 4.78 is 18.4. The molecule has 143 valence electrons. The zero-order valence-electron chi connectivity index (χ0n) is 15.4. The summed E-state index contributed by atoms with van der Waals surface area (Å²) in [5, 5.41) is 10.4. The molecule has 0 unspecified atom stereocenters. The minimum absolute atomic E-state index is 0.0500. The van der Waals surface area contributed by atoms with Crippen LogP contribution in [0.4, 0.5) is 10.4 Å². The van der Waals surface area contributed by atoms with Crippen molar-refractivity contribution in [1.29, 1.82) is 0 Å². The van der Waals surface area contributed by atoms with E-state index in [2.05, 4.69) is 21.9 Å².